The number of anilines is 1. The van der Waals surface area contributed by atoms with Gasteiger partial charge in [0.15, 0.2) is 0 Å². The van der Waals surface area contributed by atoms with E-state index < -0.39 is 0 Å². The SMILES string of the molecule is CC1CCN(c2ccc(CN)c(Cl)c2)C1CO. The maximum atomic E-state index is 9.44. The van der Waals surface area contributed by atoms with Crippen LogP contribution in [-0.4, -0.2) is 24.3 Å². The van der Waals surface area contributed by atoms with Crippen molar-refractivity contribution in [1.82, 2.24) is 0 Å². The van der Waals surface area contributed by atoms with Gasteiger partial charge in [0.1, 0.15) is 0 Å². The summed E-state index contributed by atoms with van der Waals surface area (Å²) in [5.41, 5.74) is 7.63. The number of nitrogens with zero attached hydrogens (tertiary/aromatic N) is 1. The third kappa shape index (κ3) is 2.41. The van der Waals surface area contributed by atoms with Crippen LogP contribution in [0.3, 0.4) is 0 Å². The molecule has 1 aliphatic rings. The number of hydrogen-bond donors (Lipinski definition) is 2. The molecule has 0 radical (unpaired) electrons. The van der Waals surface area contributed by atoms with Crippen molar-refractivity contribution in [1.29, 1.82) is 0 Å². The Labute approximate surface area is 107 Å². The van der Waals surface area contributed by atoms with Gasteiger partial charge in [-0.3, -0.25) is 0 Å². The van der Waals surface area contributed by atoms with Crippen molar-refractivity contribution < 1.29 is 5.11 Å². The second-order valence-electron chi connectivity index (χ2n) is 4.69. The van der Waals surface area contributed by atoms with E-state index >= 15 is 0 Å². The van der Waals surface area contributed by atoms with Crippen LogP contribution >= 0.6 is 11.6 Å². The van der Waals surface area contributed by atoms with Crippen LogP contribution in [0.4, 0.5) is 5.69 Å². The van der Waals surface area contributed by atoms with E-state index in [1.807, 2.05) is 18.2 Å². The fourth-order valence-corrected chi connectivity index (χ4v) is 2.74. The average Bonchev–Trinajstić information content (AvgIpc) is 2.70. The lowest BCUT2D eigenvalue weighted by atomic mass is 10.0. The van der Waals surface area contributed by atoms with Gasteiger partial charge in [0.05, 0.1) is 12.6 Å². The van der Waals surface area contributed by atoms with Crippen molar-refractivity contribution in [3.63, 3.8) is 0 Å². The minimum Gasteiger partial charge on any atom is -0.394 e. The summed E-state index contributed by atoms with van der Waals surface area (Å²) in [6.45, 7) is 3.80. The first-order valence-electron chi connectivity index (χ1n) is 6.03. The molecule has 0 aliphatic carbocycles. The number of hydrogen-bond acceptors (Lipinski definition) is 3. The second kappa shape index (κ2) is 5.25. The molecule has 94 valence electrons. The molecule has 1 aromatic carbocycles. The van der Waals surface area contributed by atoms with E-state index in [2.05, 4.69) is 11.8 Å². The predicted molar refractivity (Wildman–Crippen MR) is 71.3 cm³/mol. The third-order valence-corrected chi connectivity index (χ3v) is 4.01. The maximum absolute atomic E-state index is 9.44. The van der Waals surface area contributed by atoms with Crippen LogP contribution in [0, 0.1) is 5.92 Å². The second-order valence-corrected chi connectivity index (χ2v) is 5.10. The van der Waals surface area contributed by atoms with Crippen LogP contribution in [0.25, 0.3) is 0 Å². The van der Waals surface area contributed by atoms with Gasteiger partial charge >= 0.3 is 0 Å². The molecule has 1 saturated heterocycles. The smallest absolute Gasteiger partial charge is 0.0637 e. The lowest BCUT2D eigenvalue weighted by molar-refractivity contribution is 0.245. The molecule has 0 aromatic heterocycles. The van der Waals surface area contributed by atoms with Crippen molar-refractivity contribution >= 4 is 17.3 Å². The van der Waals surface area contributed by atoms with E-state index in [1.54, 1.807) is 0 Å². The molecule has 1 aromatic rings. The quantitative estimate of drug-likeness (QED) is 0.868. The highest BCUT2D eigenvalue weighted by Gasteiger charge is 2.30. The standard InChI is InChI=1S/C13H19ClN2O/c1-9-4-5-16(13(9)8-17)11-3-2-10(7-15)12(14)6-11/h2-3,6,9,13,17H,4-5,7-8,15H2,1H3. The van der Waals surface area contributed by atoms with Gasteiger partial charge in [-0.05, 0) is 30.0 Å². The third-order valence-electron chi connectivity index (χ3n) is 3.66. The largest absolute Gasteiger partial charge is 0.394 e. The molecule has 0 bridgehead atoms. The van der Waals surface area contributed by atoms with Crippen molar-refractivity contribution in [3.8, 4) is 0 Å². The Morgan fingerprint density at radius 2 is 2.29 bits per heavy atom. The minimum atomic E-state index is 0.192. The van der Waals surface area contributed by atoms with Crippen LogP contribution in [0.1, 0.15) is 18.9 Å². The number of rotatable bonds is 3. The molecule has 1 heterocycles. The van der Waals surface area contributed by atoms with E-state index in [4.69, 9.17) is 17.3 Å². The molecule has 0 spiro atoms. The van der Waals surface area contributed by atoms with E-state index in [0.29, 0.717) is 17.5 Å². The fraction of sp³-hybridized carbons (Fsp3) is 0.538. The zero-order chi connectivity index (χ0) is 12.4. The topological polar surface area (TPSA) is 49.5 Å². The molecule has 3 N–H and O–H groups in total. The summed E-state index contributed by atoms with van der Waals surface area (Å²) in [6, 6.07) is 6.16. The van der Waals surface area contributed by atoms with Gasteiger partial charge in [-0.2, -0.15) is 0 Å². The molecule has 2 rings (SSSR count). The number of halogens is 1. The summed E-state index contributed by atoms with van der Waals surface area (Å²) >= 11 is 6.17. The molecular formula is C13H19ClN2O. The Balaban J connectivity index is 2.25. The van der Waals surface area contributed by atoms with Crippen molar-refractivity contribution in [2.24, 2.45) is 11.7 Å². The Morgan fingerprint density at radius 3 is 2.88 bits per heavy atom. The first kappa shape index (κ1) is 12.7. The minimum absolute atomic E-state index is 0.192. The van der Waals surface area contributed by atoms with Crippen LogP contribution < -0.4 is 10.6 Å². The summed E-state index contributed by atoms with van der Waals surface area (Å²) in [6.07, 6.45) is 1.11. The highest BCUT2D eigenvalue weighted by molar-refractivity contribution is 6.31. The first-order chi connectivity index (χ1) is 8.17. The average molecular weight is 255 g/mol. The van der Waals surface area contributed by atoms with E-state index in [1.165, 1.54) is 0 Å². The number of nitrogens with two attached hydrogens (primary N) is 1. The zero-order valence-corrected chi connectivity index (χ0v) is 10.8. The number of aliphatic hydroxyl groups is 1. The van der Waals surface area contributed by atoms with Crippen molar-refractivity contribution in [2.45, 2.75) is 25.9 Å². The lowest BCUT2D eigenvalue weighted by Gasteiger charge is -2.27. The lowest BCUT2D eigenvalue weighted by Crippen LogP contribution is -2.35. The Kier molecular flexibility index (Phi) is 3.92. The van der Waals surface area contributed by atoms with Gasteiger partial charge in [-0.25, -0.2) is 0 Å². The van der Waals surface area contributed by atoms with Gasteiger partial charge in [-0.15, -0.1) is 0 Å². The van der Waals surface area contributed by atoms with E-state index in [0.717, 1.165) is 24.2 Å². The highest BCUT2D eigenvalue weighted by Crippen LogP contribution is 2.31. The summed E-state index contributed by atoms with van der Waals surface area (Å²) in [5.74, 6) is 0.521. The molecule has 1 aliphatic heterocycles. The molecule has 17 heavy (non-hydrogen) atoms. The first-order valence-corrected chi connectivity index (χ1v) is 6.41. The Morgan fingerprint density at radius 1 is 1.53 bits per heavy atom. The molecule has 0 saturated carbocycles. The fourth-order valence-electron chi connectivity index (χ4n) is 2.49. The van der Waals surface area contributed by atoms with Crippen LogP contribution in [0.2, 0.25) is 5.02 Å². The number of aliphatic hydroxyl groups excluding tert-OH is 1. The summed E-state index contributed by atoms with van der Waals surface area (Å²) in [5, 5.41) is 10.2. The van der Waals surface area contributed by atoms with Gasteiger partial charge in [0.2, 0.25) is 0 Å². The van der Waals surface area contributed by atoms with Gasteiger partial charge in [-0.1, -0.05) is 24.6 Å². The molecule has 1 fully saturated rings. The van der Waals surface area contributed by atoms with Gasteiger partial charge < -0.3 is 15.7 Å². The molecule has 3 nitrogen and oxygen atoms in total. The highest BCUT2D eigenvalue weighted by atomic mass is 35.5. The molecule has 2 atom stereocenters. The van der Waals surface area contributed by atoms with Crippen molar-refractivity contribution in [3.05, 3.63) is 28.8 Å². The molecule has 0 amide bonds. The Hall–Kier alpha value is -0.770. The van der Waals surface area contributed by atoms with Gasteiger partial charge in [0, 0.05) is 23.8 Å². The predicted octanol–water partition coefficient (Wildman–Crippen LogP) is 2.01. The van der Waals surface area contributed by atoms with Crippen molar-refractivity contribution in [2.75, 3.05) is 18.1 Å². The van der Waals surface area contributed by atoms with Gasteiger partial charge in [0.25, 0.3) is 0 Å². The van der Waals surface area contributed by atoms with E-state index in [9.17, 15) is 5.11 Å². The molecular weight excluding hydrogens is 236 g/mol. The van der Waals surface area contributed by atoms with E-state index in [-0.39, 0.29) is 12.6 Å². The normalized spacial score (nSPS) is 24.4. The summed E-state index contributed by atoms with van der Waals surface area (Å²) in [4.78, 5) is 2.23. The number of benzene rings is 1. The van der Waals surface area contributed by atoms with Crippen LogP contribution in [-0.2, 0) is 6.54 Å². The Bertz CT molecular complexity index is 397. The maximum Gasteiger partial charge on any atom is 0.0637 e. The zero-order valence-electron chi connectivity index (χ0n) is 10.1. The molecule has 4 heteroatoms. The van der Waals surface area contributed by atoms with Crippen LogP contribution in [0.15, 0.2) is 18.2 Å². The summed E-state index contributed by atoms with van der Waals surface area (Å²) in [7, 11) is 0. The summed E-state index contributed by atoms with van der Waals surface area (Å²) < 4.78 is 0. The molecule has 2 unspecified atom stereocenters. The van der Waals surface area contributed by atoms with Crippen LogP contribution in [0.5, 0.6) is 0 Å². The monoisotopic (exact) mass is 254 g/mol.